The van der Waals surface area contributed by atoms with E-state index in [1.54, 1.807) is 10.6 Å². The largest absolute Gasteiger partial charge is 0.390 e. The van der Waals surface area contributed by atoms with Gasteiger partial charge in [-0.3, -0.25) is 0 Å². The number of fused-ring (bicyclic) bond motifs is 1. The number of halogens is 1. The fraction of sp³-hybridized carbons (Fsp3) is 0.333. The first-order valence-corrected chi connectivity index (χ1v) is 7.47. The van der Waals surface area contributed by atoms with Crippen LogP contribution in [-0.4, -0.2) is 19.7 Å². The van der Waals surface area contributed by atoms with Gasteiger partial charge < -0.3 is 5.11 Å². The minimum Gasteiger partial charge on any atom is -0.390 e. The van der Waals surface area contributed by atoms with Crippen molar-refractivity contribution in [3.8, 4) is 10.6 Å². The van der Waals surface area contributed by atoms with Crippen LogP contribution in [-0.2, 0) is 12.0 Å². The molecule has 0 bridgehead atoms. The van der Waals surface area contributed by atoms with Crippen LogP contribution in [0, 0.1) is 5.82 Å². The number of nitrogens with zero attached hydrogens (tertiary/aromatic N) is 3. The zero-order valence-electron chi connectivity index (χ0n) is 12.1. The van der Waals surface area contributed by atoms with Gasteiger partial charge in [0.1, 0.15) is 10.8 Å². The van der Waals surface area contributed by atoms with Gasteiger partial charge in [-0.1, -0.05) is 44.2 Å². The number of aromatic nitrogens is 3. The Morgan fingerprint density at radius 1 is 1.33 bits per heavy atom. The summed E-state index contributed by atoms with van der Waals surface area (Å²) in [5.41, 5.74) is 2.09. The minimum atomic E-state index is -0.293. The molecule has 2 aromatic heterocycles. The lowest BCUT2D eigenvalue weighted by atomic mass is 9.91. The van der Waals surface area contributed by atoms with Crippen LogP contribution in [0.4, 0.5) is 4.39 Å². The average molecular weight is 305 g/mol. The van der Waals surface area contributed by atoms with Gasteiger partial charge in [0.05, 0.1) is 18.0 Å². The highest BCUT2D eigenvalue weighted by atomic mass is 32.1. The molecule has 0 saturated carbocycles. The van der Waals surface area contributed by atoms with Crippen molar-refractivity contribution in [2.75, 3.05) is 0 Å². The molecule has 0 radical (unpaired) electrons. The molecule has 0 spiro atoms. The van der Waals surface area contributed by atoms with Gasteiger partial charge in [0.15, 0.2) is 0 Å². The molecule has 110 valence electrons. The van der Waals surface area contributed by atoms with E-state index < -0.39 is 0 Å². The van der Waals surface area contributed by atoms with E-state index in [4.69, 9.17) is 0 Å². The molecule has 3 rings (SSSR count). The summed E-state index contributed by atoms with van der Waals surface area (Å²) >= 11 is 1.39. The zero-order valence-corrected chi connectivity index (χ0v) is 12.9. The second kappa shape index (κ2) is 4.89. The van der Waals surface area contributed by atoms with Crippen LogP contribution in [0.3, 0.4) is 0 Å². The Hall–Kier alpha value is -1.79. The van der Waals surface area contributed by atoms with E-state index >= 15 is 0 Å². The minimum absolute atomic E-state index is 0.125. The molecule has 1 N–H and O–H groups in total. The van der Waals surface area contributed by atoms with Gasteiger partial charge >= 0.3 is 0 Å². The molecule has 0 unspecified atom stereocenters. The standard InChI is InChI=1S/C15H16FN3OS/c1-15(2,3)12-11(8-20)19-14(17-12)21-13(18-19)9-5-4-6-10(16)7-9/h4-7,20H,8H2,1-3H3. The van der Waals surface area contributed by atoms with E-state index in [0.29, 0.717) is 21.2 Å². The fourth-order valence-corrected chi connectivity index (χ4v) is 3.19. The summed E-state index contributed by atoms with van der Waals surface area (Å²) in [6.07, 6.45) is 0. The van der Waals surface area contributed by atoms with Gasteiger partial charge in [0.2, 0.25) is 4.96 Å². The number of aliphatic hydroxyl groups is 1. The molecule has 1 aromatic carbocycles. The third kappa shape index (κ3) is 2.45. The van der Waals surface area contributed by atoms with Crippen molar-refractivity contribution in [3.05, 3.63) is 41.5 Å². The van der Waals surface area contributed by atoms with Crippen LogP contribution in [0.1, 0.15) is 32.2 Å². The van der Waals surface area contributed by atoms with Gasteiger partial charge in [0.25, 0.3) is 0 Å². The van der Waals surface area contributed by atoms with Crippen molar-refractivity contribution in [1.29, 1.82) is 0 Å². The second-order valence-electron chi connectivity index (χ2n) is 5.93. The quantitative estimate of drug-likeness (QED) is 0.789. The Kier molecular flexibility index (Phi) is 3.30. The lowest BCUT2D eigenvalue weighted by Crippen LogP contribution is -2.15. The van der Waals surface area contributed by atoms with Gasteiger partial charge in [-0.05, 0) is 12.1 Å². The van der Waals surface area contributed by atoms with Crippen LogP contribution in [0.5, 0.6) is 0 Å². The van der Waals surface area contributed by atoms with Crippen molar-refractivity contribution < 1.29 is 9.50 Å². The Balaban J connectivity index is 2.16. The van der Waals surface area contributed by atoms with E-state index in [9.17, 15) is 9.50 Å². The van der Waals surface area contributed by atoms with E-state index in [1.165, 1.54) is 23.5 Å². The summed E-state index contributed by atoms with van der Waals surface area (Å²) in [6.45, 7) is 6.02. The third-order valence-electron chi connectivity index (χ3n) is 3.23. The monoisotopic (exact) mass is 305 g/mol. The molecule has 0 saturated heterocycles. The highest BCUT2D eigenvalue weighted by Gasteiger charge is 2.25. The summed E-state index contributed by atoms with van der Waals surface area (Å²) < 4.78 is 15.0. The maximum absolute atomic E-state index is 13.3. The van der Waals surface area contributed by atoms with Gasteiger partial charge in [0, 0.05) is 11.0 Å². The Labute approximate surface area is 125 Å². The van der Waals surface area contributed by atoms with Gasteiger partial charge in [-0.2, -0.15) is 5.10 Å². The van der Waals surface area contributed by atoms with Gasteiger partial charge in [-0.15, -0.1) is 0 Å². The summed E-state index contributed by atoms with van der Waals surface area (Å²) in [5, 5.41) is 14.8. The molecule has 21 heavy (non-hydrogen) atoms. The number of aliphatic hydroxyl groups excluding tert-OH is 1. The number of rotatable bonds is 2. The number of benzene rings is 1. The topological polar surface area (TPSA) is 50.4 Å². The van der Waals surface area contributed by atoms with Gasteiger partial charge in [-0.25, -0.2) is 13.9 Å². The number of hydrogen-bond acceptors (Lipinski definition) is 4. The molecule has 0 atom stereocenters. The van der Waals surface area contributed by atoms with Crippen LogP contribution < -0.4 is 0 Å². The first kappa shape index (κ1) is 14.2. The number of imidazole rings is 1. The summed E-state index contributed by atoms with van der Waals surface area (Å²) in [6, 6.07) is 6.31. The first-order chi connectivity index (χ1) is 9.90. The molecule has 4 nitrogen and oxygen atoms in total. The van der Waals surface area contributed by atoms with Crippen molar-refractivity contribution in [1.82, 2.24) is 14.6 Å². The third-order valence-corrected chi connectivity index (χ3v) is 4.19. The van der Waals surface area contributed by atoms with E-state index in [0.717, 1.165) is 5.69 Å². The Bertz CT molecular complexity index is 801. The molecule has 6 heteroatoms. The summed E-state index contributed by atoms with van der Waals surface area (Å²) in [7, 11) is 0. The summed E-state index contributed by atoms with van der Waals surface area (Å²) in [4.78, 5) is 5.30. The maximum Gasteiger partial charge on any atom is 0.213 e. The smallest absolute Gasteiger partial charge is 0.213 e. The normalized spacial score (nSPS) is 12.2. The predicted octanol–water partition coefficient (Wildman–Crippen LogP) is 3.39. The van der Waals surface area contributed by atoms with Crippen molar-refractivity contribution >= 4 is 16.3 Å². The highest BCUT2D eigenvalue weighted by Crippen LogP contribution is 2.31. The van der Waals surface area contributed by atoms with Crippen LogP contribution in [0.15, 0.2) is 24.3 Å². The SMILES string of the molecule is CC(C)(C)c1nc2sc(-c3cccc(F)c3)nn2c1CO. The Morgan fingerprint density at radius 3 is 2.71 bits per heavy atom. The van der Waals surface area contributed by atoms with E-state index in [2.05, 4.69) is 10.1 Å². The molecule has 0 aliphatic rings. The lowest BCUT2D eigenvalue weighted by Gasteiger charge is -2.16. The predicted molar refractivity (Wildman–Crippen MR) is 80.9 cm³/mol. The molecule has 0 amide bonds. The molecule has 2 heterocycles. The van der Waals surface area contributed by atoms with Crippen LogP contribution >= 0.6 is 11.3 Å². The van der Waals surface area contributed by atoms with Crippen molar-refractivity contribution in [2.45, 2.75) is 32.8 Å². The Morgan fingerprint density at radius 2 is 2.10 bits per heavy atom. The van der Waals surface area contributed by atoms with Crippen molar-refractivity contribution in [3.63, 3.8) is 0 Å². The molecular weight excluding hydrogens is 289 g/mol. The average Bonchev–Trinajstić information content (AvgIpc) is 2.94. The van der Waals surface area contributed by atoms with Crippen molar-refractivity contribution in [2.24, 2.45) is 0 Å². The zero-order chi connectivity index (χ0) is 15.2. The molecule has 0 aliphatic heterocycles. The summed E-state index contributed by atoms with van der Waals surface area (Å²) in [5.74, 6) is -0.293. The molecule has 0 aliphatic carbocycles. The maximum atomic E-state index is 13.3. The number of hydrogen-bond donors (Lipinski definition) is 1. The first-order valence-electron chi connectivity index (χ1n) is 6.66. The molecule has 3 aromatic rings. The highest BCUT2D eigenvalue weighted by molar-refractivity contribution is 7.19. The van der Waals surface area contributed by atoms with Crippen LogP contribution in [0.2, 0.25) is 0 Å². The van der Waals surface area contributed by atoms with E-state index in [1.807, 2.05) is 26.8 Å². The fourth-order valence-electron chi connectivity index (χ4n) is 2.27. The van der Waals surface area contributed by atoms with Crippen LogP contribution in [0.25, 0.3) is 15.5 Å². The second-order valence-corrected chi connectivity index (χ2v) is 6.88. The molecule has 0 fully saturated rings. The van der Waals surface area contributed by atoms with E-state index in [-0.39, 0.29) is 17.8 Å². The molecular formula is C15H16FN3OS. The lowest BCUT2D eigenvalue weighted by molar-refractivity contribution is 0.270.